The summed E-state index contributed by atoms with van der Waals surface area (Å²) in [5.41, 5.74) is 4.12. The number of hydrogen-bond acceptors (Lipinski definition) is 6. The molecule has 1 heterocycles. The van der Waals surface area contributed by atoms with Gasteiger partial charge in [-0.25, -0.2) is 5.43 Å². The number of amides is 2. The minimum Gasteiger partial charge on any atom is -0.508 e. The second-order valence-corrected chi connectivity index (χ2v) is 6.78. The molecule has 0 atom stereocenters. The molecule has 0 unspecified atom stereocenters. The van der Waals surface area contributed by atoms with Crippen LogP contribution in [0, 0.1) is 0 Å². The standard InChI is InChI=1S/C24H19N3O5/c28-19-9-6-16(7-10-19)14-25-27-24(30)20(26-23(29)18-4-2-1-3-5-18)12-17-8-11-21-22(13-17)32-15-31-21/h1-14,28H,15H2,(H,26,29)(H,27,30)/b20-12+,25-14+. The largest absolute Gasteiger partial charge is 0.508 e. The summed E-state index contributed by atoms with van der Waals surface area (Å²) in [7, 11) is 0. The van der Waals surface area contributed by atoms with Crippen molar-refractivity contribution in [1.82, 2.24) is 10.7 Å². The van der Waals surface area contributed by atoms with E-state index in [9.17, 15) is 14.7 Å². The summed E-state index contributed by atoms with van der Waals surface area (Å²) in [5, 5.41) is 15.9. The van der Waals surface area contributed by atoms with Crippen LogP contribution in [-0.4, -0.2) is 29.9 Å². The Balaban J connectivity index is 1.55. The van der Waals surface area contributed by atoms with Gasteiger partial charge in [0, 0.05) is 5.56 Å². The lowest BCUT2D eigenvalue weighted by molar-refractivity contribution is -0.117. The topological polar surface area (TPSA) is 109 Å². The average Bonchev–Trinajstić information content (AvgIpc) is 3.28. The van der Waals surface area contributed by atoms with Gasteiger partial charge in [-0.1, -0.05) is 24.3 Å². The molecule has 3 aromatic rings. The fourth-order valence-electron chi connectivity index (χ4n) is 2.90. The third kappa shape index (κ3) is 5.11. The van der Waals surface area contributed by atoms with Crippen LogP contribution in [0.5, 0.6) is 17.2 Å². The highest BCUT2D eigenvalue weighted by Gasteiger charge is 2.16. The van der Waals surface area contributed by atoms with E-state index in [4.69, 9.17) is 9.47 Å². The fourth-order valence-corrected chi connectivity index (χ4v) is 2.90. The summed E-state index contributed by atoms with van der Waals surface area (Å²) in [6.45, 7) is 0.132. The van der Waals surface area contributed by atoms with Crippen molar-refractivity contribution in [2.45, 2.75) is 0 Å². The first-order valence-corrected chi connectivity index (χ1v) is 9.69. The number of phenolic OH excluding ortho intramolecular Hbond substituents is 1. The number of aromatic hydroxyl groups is 1. The second-order valence-electron chi connectivity index (χ2n) is 6.78. The summed E-state index contributed by atoms with van der Waals surface area (Å²) in [6, 6.07) is 20.0. The zero-order valence-corrected chi connectivity index (χ0v) is 16.8. The van der Waals surface area contributed by atoms with Crippen molar-refractivity contribution in [2.75, 3.05) is 6.79 Å². The zero-order valence-electron chi connectivity index (χ0n) is 16.8. The van der Waals surface area contributed by atoms with Gasteiger partial charge in [0.2, 0.25) is 6.79 Å². The van der Waals surface area contributed by atoms with Gasteiger partial charge in [-0.2, -0.15) is 5.10 Å². The number of hydrogen-bond donors (Lipinski definition) is 3. The first kappa shape index (κ1) is 20.7. The van der Waals surface area contributed by atoms with Crippen LogP contribution in [0.4, 0.5) is 0 Å². The van der Waals surface area contributed by atoms with Gasteiger partial charge < -0.3 is 19.9 Å². The Morgan fingerprint density at radius 1 is 0.906 bits per heavy atom. The summed E-state index contributed by atoms with van der Waals surface area (Å²) in [6.07, 6.45) is 2.95. The third-order valence-electron chi connectivity index (χ3n) is 4.51. The van der Waals surface area contributed by atoms with E-state index in [0.29, 0.717) is 28.2 Å². The van der Waals surface area contributed by atoms with E-state index >= 15 is 0 Å². The maximum atomic E-state index is 12.8. The molecule has 8 nitrogen and oxygen atoms in total. The van der Waals surface area contributed by atoms with Gasteiger partial charge in [-0.05, 0) is 65.7 Å². The number of phenols is 1. The highest BCUT2D eigenvalue weighted by Crippen LogP contribution is 2.33. The first-order chi connectivity index (χ1) is 15.6. The first-order valence-electron chi connectivity index (χ1n) is 9.69. The number of fused-ring (bicyclic) bond motifs is 1. The van der Waals surface area contributed by atoms with Crippen molar-refractivity contribution < 1.29 is 24.2 Å². The molecule has 32 heavy (non-hydrogen) atoms. The Morgan fingerprint density at radius 3 is 2.41 bits per heavy atom. The minimum atomic E-state index is -0.609. The van der Waals surface area contributed by atoms with E-state index in [-0.39, 0.29) is 18.2 Å². The maximum absolute atomic E-state index is 12.8. The van der Waals surface area contributed by atoms with Gasteiger partial charge in [-0.3, -0.25) is 9.59 Å². The smallest absolute Gasteiger partial charge is 0.287 e. The van der Waals surface area contributed by atoms with E-state index < -0.39 is 11.8 Å². The molecule has 2 amide bonds. The number of hydrazone groups is 1. The predicted octanol–water partition coefficient (Wildman–Crippen LogP) is 3.04. The predicted molar refractivity (Wildman–Crippen MR) is 118 cm³/mol. The van der Waals surface area contributed by atoms with Crippen LogP contribution < -0.4 is 20.2 Å². The Labute approximate surface area is 183 Å². The van der Waals surface area contributed by atoms with Crippen LogP contribution in [0.2, 0.25) is 0 Å². The number of benzene rings is 3. The van der Waals surface area contributed by atoms with Crippen LogP contribution in [0.15, 0.2) is 83.6 Å². The molecule has 4 rings (SSSR count). The molecule has 0 fully saturated rings. The summed E-state index contributed by atoms with van der Waals surface area (Å²) < 4.78 is 10.7. The number of carbonyl (C=O) groups excluding carboxylic acids is 2. The quantitative estimate of drug-likeness (QED) is 0.317. The summed E-state index contributed by atoms with van der Waals surface area (Å²) in [5.74, 6) is 0.249. The normalized spacial score (nSPS) is 12.6. The number of nitrogens with zero attached hydrogens (tertiary/aromatic N) is 1. The van der Waals surface area contributed by atoms with Gasteiger partial charge in [-0.15, -0.1) is 0 Å². The van der Waals surface area contributed by atoms with E-state index in [1.807, 2.05) is 0 Å². The number of carbonyl (C=O) groups is 2. The highest BCUT2D eigenvalue weighted by molar-refractivity contribution is 6.05. The Hall–Kier alpha value is -4.59. The molecule has 0 saturated heterocycles. The van der Waals surface area contributed by atoms with Gasteiger partial charge in [0.25, 0.3) is 11.8 Å². The molecule has 0 spiro atoms. The summed E-state index contributed by atoms with van der Waals surface area (Å²) >= 11 is 0. The van der Waals surface area contributed by atoms with E-state index in [2.05, 4.69) is 15.8 Å². The highest BCUT2D eigenvalue weighted by atomic mass is 16.7. The number of nitrogens with one attached hydrogen (secondary N) is 2. The Bertz CT molecular complexity index is 1190. The Kier molecular flexibility index (Phi) is 6.12. The van der Waals surface area contributed by atoms with Crippen molar-refractivity contribution in [3.8, 4) is 17.2 Å². The Morgan fingerprint density at radius 2 is 1.62 bits per heavy atom. The van der Waals surface area contributed by atoms with Crippen LogP contribution in [0.3, 0.4) is 0 Å². The monoisotopic (exact) mass is 429 g/mol. The van der Waals surface area contributed by atoms with Crippen molar-refractivity contribution in [3.63, 3.8) is 0 Å². The third-order valence-corrected chi connectivity index (χ3v) is 4.51. The molecule has 0 aromatic heterocycles. The fraction of sp³-hybridized carbons (Fsp3) is 0.0417. The molecule has 0 aliphatic carbocycles. The average molecular weight is 429 g/mol. The van der Waals surface area contributed by atoms with Crippen molar-refractivity contribution in [1.29, 1.82) is 0 Å². The molecule has 0 saturated carbocycles. The van der Waals surface area contributed by atoms with Crippen LogP contribution >= 0.6 is 0 Å². The molecule has 3 N–H and O–H groups in total. The molecule has 0 radical (unpaired) electrons. The van der Waals surface area contributed by atoms with Gasteiger partial charge in [0.15, 0.2) is 11.5 Å². The molecular weight excluding hydrogens is 410 g/mol. The molecule has 3 aromatic carbocycles. The van der Waals surface area contributed by atoms with Gasteiger partial charge in [0.05, 0.1) is 6.21 Å². The SMILES string of the molecule is O=C(N/N=C/c1ccc(O)cc1)/C(=C\c1ccc2c(c1)OCO2)NC(=O)c1ccccc1. The lowest BCUT2D eigenvalue weighted by atomic mass is 10.1. The van der Waals surface area contributed by atoms with E-state index in [1.54, 1.807) is 60.7 Å². The molecule has 1 aliphatic heterocycles. The van der Waals surface area contributed by atoms with Crippen molar-refractivity contribution >= 4 is 24.1 Å². The maximum Gasteiger partial charge on any atom is 0.287 e. The lowest BCUT2D eigenvalue weighted by Gasteiger charge is -2.09. The van der Waals surface area contributed by atoms with Gasteiger partial charge in [0.1, 0.15) is 11.4 Å². The van der Waals surface area contributed by atoms with Crippen LogP contribution in [0.25, 0.3) is 6.08 Å². The van der Waals surface area contributed by atoms with E-state index in [0.717, 1.165) is 0 Å². The summed E-state index contributed by atoms with van der Waals surface area (Å²) in [4.78, 5) is 25.4. The van der Waals surface area contributed by atoms with E-state index in [1.165, 1.54) is 24.4 Å². The molecular formula is C24H19N3O5. The van der Waals surface area contributed by atoms with Crippen LogP contribution in [0.1, 0.15) is 21.5 Å². The van der Waals surface area contributed by atoms with Crippen molar-refractivity contribution in [3.05, 3.63) is 95.2 Å². The molecule has 0 bridgehead atoms. The zero-order chi connectivity index (χ0) is 22.3. The van der Waals surface area contributed by atoms with Crippen LogP contribution in [-0.2, 0) is 4.79 Å². The second kappa shape index (κ2) is 9.48. The lowest BCUT2D eigenvalue weighted by Crippen LogP contribution is -2.32. The number of ether oxygens (including phenoxy) is 2. The van der Waals surface area contributed by atoms with Crippen molar-refractivity contribution in [2.24, 2.45) is 5.10 Å². The molecule has 1 aliphatic rings. The minimum absolute atomic E-state index is 0.000532. The molecule has 8 heteroatoms. The molecule has 160 valence electrons. The van der Waals surface area contributed by atoms with Gasteiger partial charge >= 0.3 is 0 Å². The number of rotatable bonds is 6.